The van der Waals surface area contributed by atoms with Gasteiger partial charge in [-0.15, -0.1) is 0 Å². The zero-order chi connectivity index (χ0) is 9.72. The molecule has 72 valence electrons. The molecule has 0 radical (unpaired) electrons. The smallest absolute Gasteiger partial charge is 0.217 e. The third-order valence-electron chi connectivity index (χ3n) is 2.01. The topological polar surface area (TPSA) is 46.2 Å². The van der Waals surface area contributed by atoms with Crippen LogP contribution in [0.5, 0.6) is 0 Å². The Kier molecular flexibility index (Phi) is 4.55. The van der Waals surface area contributed by atoms with E-state index < -0.39 is 0 Å². The van der Waals surface area contributed by atoms with Gasteiger partial charge in [-0.2, -0.15) is 0 Å². The number of nitrogens with one attached hydrogen (secondary N) is 1. The summed E-state index contributed by atoms with van der Waals surface area (Å²) in [6.45, 7) is 6.90. The minimum atomic E-state index is -0.313. The van der Waals surface area contributed by atoms with Crippen LogP contribution in [0, 0.1) is 5.92 Å². The summed E-state index contributed by atoms with van der Waals surface area (Å²) in [5, 5.41) is 2.64. The SMILES string of the molecule is CC[C@H](C)[C@H](NC(C)=O)C(C)=O.[HH]. The number of Topliss-reactive ketones (excluding diaryl/α,β-unsaturated/α-hetero) is 1. The maximum atomic E-state index is 11.1. The van der Waals surface area contributed by atoms with Gasteiger partial charge in [0.1, 0.15) is 0 Å². The van der Waals surface area contributed by atoms with Gasteiger partial charge in [0.05, 0.1) is 6.04 Å². The highest BCUT2D eigenvalue weighted by Gasteiger charge is 2.20. The van der Waals surface area contributed by atoms with Gasteiger partial charge in [0.25, 0.3) is 0 Å². The standard InChI is InChI=1S/C9H17NO2.H2/c1-5-6(2)9(7(3)11)10-8(4)12;/h6,9H,5H2,1-4H3,(H,10,12);1H/t6-,9-;/m0./s1. The summed E-state index contributed by atoms with van der Waals surface area (Å²) in [4.78, 5) is 21.8. The fraction of sp³-hybridized carbons (Fsp3) is 0.778. The van der Waals surface area contributed by atoms with Gasteiger partial charge in [0, 0.05) is 8.35 Å². The maximum absolute atomic E-state index is 11.1. The van der Waals surface area contributed by atoms with Crippen molar-refractivity contribution in [1.82, 2.24) is 5.32 Å². The predicted molar refractivity (Wildman–Crippen MR) is 49.9 cm³/mol. The van der Waals surface area contributed by atoms with E-state index in [4.69, 9.17) is 0 Å². The van der Waals surface area contributed by atoms with Gasteiger partial charge in [0.2, 0.25) is 5.91 Å². The molecule has 0 saturated carbocycles. The molecule has 0 aliphatic rings. The average Bonchev–Trinajstić information content (AvgIpc) is 1.98. The van der Waals surface area contributed by atoms with Crippen LogP contribution in [0.25, 0.3) is 0 Å². The molecule has 0 unspecified atom stereocenters. The monoisotopic (exact) mass is 173 g/mol. The average molecular weight is 173 g/mol. The highest BCUT2D eigenvalue weighted by molar-refractivity contribution is 5.86. The van der Waals surface area contributed by atoms with E-state index in [9.17, 15) is 9.59 Å². The molecule has 12 heavy (non-hydrogen) atoms. The molecule has 0 rings (SSSR count). The van der Waals surface area contributed by atoms with Crippen LogP contribution in [-0.4, -0.2) is 17.7 Å². The molecule has 0 aliphatic heterocycles. The van der Waals surface area contributed by atoms with Gasteiger partial charge in [-0.25, -0.2) is 0 Å². The third-order valence-corrected chi connectivity index (χ3v) is 2.01. The number of carbonyl (C=O) groups is 2. The second kappa shape index (κ2) is 4.91. The van der Waals surface area contributed by atoms with Crippen molar-refractivity contribution in [3.05, 3.63) is 0 Å². The molecule has 0 aliphatic carbocycles. The maximum Gasteiger partial charge on any atom is 0.217 e. The first-order valence-electron chi connectivity index (χ1n) is 4.26. The second-order valence-electron chi connectivity index (χ2n) is 3.17. The fourth-order valence-electron chi connectivity index (χ4n) is 1.10. The molecule has 0 aromatic rings. The third kappa shape index (κ3) is 3.51. The number of hydrogen-bond acceptors (Lipinski definition) is 2. The molecule has 2 atom stereocenters. The highest BCUT2D eigenvalue weighted by atomic mass is 16.2. The Labute approximate surface area is 75.0 Å². The number of amides is 1. The van der Waals surface area contributed by atoms with E-state index in [0.29, 0.717) is 0 Å². The summed E-state index contributed by atoms with van der Waals surface area (Å²) < 4.78 is 0. The van der Waals surface area contributed by atoms with Crippen LogP contribution < -0.4 is 5.32 Å². The van der Waals surface area contributed by atoms with Crippen LogP contribution in [0.1, 0.15) is 35.5 Å². The fourth-order valence-corrected chi connectivity index (χ4v) is 1.10. The lowest BCUT2D eigenvalue weighted by molar-refractivity contribution is -0.126. The predicted octanol–water partition coefficient (Wildman–Crippen LogP) is 1.37. The van der Waals surface area contributed by atoms with Crippen molar-refractivity contribution < 1.29 is 11.0 Å². The summed E-state index contributed by atoms with van der Waals surface area (Å²) >= 11 is 0. The van der Waals surface area contributed by atoms with E-state index >= 15 is 0 Å². The molecule has 0 aromatic carbocycles. The van der Waals surface area contributed by atoms with Crippen LogP contribution in [0.3, 0.4) is 0 Å². The van der Waals surface area contributed by atoms with Gasteiger partial charge in [-0.3, -0.25) is 9.59 Å². The Hall–Kier alpha value is -0.860. The lowest BCUT2D eigenvalue weighted by atomic mass is 9.96. The minimum absolute atomic E-state index is 0. The molecule has 1 N–H and O–H groups in total. The van der Waals surface area contributed by atoms with E-state index in [2.05, 4.69) is 5.32 Å². The van der Waals surface area contributed by atoms with Crippen LogP contribution in [0.4, 0.5) is 0 Å². The molecule has 3 nitrogen and oxygen atoms in total. The summed E-state index contributed by atoms with van der Waals surface area (Å²) in [5.74, 6) is 0.0986. The molecule has 0 saturated heterocycles. The van der Waals surface area contributed by atoms with Crippen LogP contribution in [0.2, 0.25) is 0 Å². The van der Waals surface area contributed by atoms with E-state index in [-0.39, 0.29) is 25.1 Å². The van der Waals surface area contributed by atoms with E-state index in [0.717, 1.165) is 6.42 Å². The zero-order valence-electron chi connectivity index (χ0n) is 8.18. The van der Waals surface area contributed by atoms with E-state index in [1.54, 1.807) is 0 Å². The minimum Gasteiger partial charge on any atom is -0.346 e. The Morgan fingerprint density at radius 2 is 1.92 bits per heavy atom. The van der Waals surface area contributed by atoms with Crippen molar-refractivity contribution in [3.63, 3.8) is 0 Å². The molecule has 0 spiro atoms. The molecular formula is C9H19NO2. The zero-order valence-corrected chi connectivity index (χ0v) is 8.18. The van der Waals surface area contributed by atoms with Crippen LogP contribution in [0.15, 0.2) is 0 Å². The van der Waals surface area contributed by atoms with Crippen molar-refractivity contribution in [2.45, 2.75) is 40.2 Å². The van der Waals surface area contributed by atoms with Crippen molar-refractivity contribution >= 4 is 11.7 Å². The Bertz CT molecular complexity index is 182. The number of hydrogen-bond donors (Lipinski definition) is 1. The van der Waals surface area contributed by atoms with Gasteiger partial charge in [-0.05, 0) is 12.8 Å². The lowest BCUT2D eigenvalue weighted by Gasteiger charge is -2.20. The quantitative estimate of drug-likeness (QED) is 0.698. The largest absolute Gasteiger partial charge is 0.346 e. The lowest BCUT2D eigenvalue weighted by Crippen LogP contribution is -2.42. The number of carbonyl (C=O) groups excluding carboxylic acids is 2. The van der Waals surface area contributed by atoms with Crippen molar-refractivity contribution in [3.8, 4) is 0 Å². The molecular weight excluding hydrogens is 154 g/mol. The molecule has 0 heterocycles. The number of ketones is 1. The molecule has 0 fully saturated rings. The van der Waals surface area contributed by atoms with Crippen molar-refractivity contribution in [2.24, 2.45) is 5.92 Å². The molecule has 3 heteroatoms. The summed E-state index contributed by atoms with van der Waals surface area (Å²) in [7, 11) is 0. The highest BCUT2D eigenvalue weighted by Crippen LogP contribution is 2.08. The Morgan fingerprint density at radius 1 is 1.42 bits per heavy atom. The summed E-state index contributed by atoms with van der Waals surface area (Å²) in [5.41, 5.74) is 0. The first kappa shape index (κ1) is 11.1. The van der Waals surface area contributed by atoms with Gasteiger partial charge < -0.3 is 5.32 Å². The van der Waals surface area contributed by atoms with E-state index in [1.807, 2.05) is 13.8 Å². The van der Waals surface area contributed by atoms with Crippen LogP contribution >= 0.6 is 0 Å². The molecule has 0 bridgehead atoms. The number of rotatable bonds is 4. The first-order chi connectivity index (χ1) is 5.49. The second-order valence-corrected chi connectivity index (χ2v) is 3.17. The summed E-state index contributed by atoms with van der Waals surface area (Å²) in [6, 6.07) is -0.313. The molecule has 1 amide bonds. The Morgan fingerprint density at radius 3 is 2.17 bits per heavy atom. The van der Waals surface area contributed by atoms with Gasteiger partial charge in [-0.1, -0.05) is 20.3 Å². The van der Waals surface area contributed by atoms with Crippen molar-refractivity contribution in [1.29, 1.82) is 0 Å². The Balaban J connectivity index is 0. The normalized spacial score (nSPS) is 15.0. The first-order valence-corrected chi connectivity index (χ1v) is 4.26. The van der Waals surface area contributed by atoms with Crippen LogP contribution in [-0.2, 0) is 9.59 Å². The van der Waals surface area contributed by atoms with Gasteiger partial charge in [0.15, 0.2) is 5.78 Å². The summed E-state index contributed by atoms with van der Waals surface area (Å²) in [6.07, 6.45) is 0.893. The van der Waals surface area contributed by atoms with E-state index in [1.165, 1.54) is 13.8 Å². The van der Waals surface area contributed by atoms with Gasteiger partial charge >= 0.3 is 0 Å². The van der Waals surface area contributed by atoms with Crippen molar-refractivity contribution in [2.75, 3.05) is 0 Å². The molecule has 0 aromatic heterocycles.